The lowest BCUT2D eigenvalue weighted by Gasteiger charge is -2.24. The van der Waals surface area contributed by atoms with Crippen LogP contribution < -0.4 is 11.5 Å². The Morgan fingerprint density at radius 1 is 1.26 bits per heavy atom. The molecule has 0 amide bonds. The molecule has 8 heteroatoms. The van der Waals surface area contributed by atoms with Crippen molar-refractivity contribution in [1.82, 2.24) is 19.5 Å². The Balaban J connectivity index is 1.79. The van der Waals surface area contributed by atoms with Crippen LogP contribution in [0, 0.1) is 5.92 Å². The van der Waals surface area contributed by atoms with Gasteiger partial charge in [-0.15, -0.1) is 0 Å². The fraction of sp³-hybridized carbons (Fsp3) is 0.667. The van der Waals surface area contributed by atoms with Crippen LogP contribution >= 0.6 is 0 Å². The van der Waals surface area contributed by atoms with Crippen LogP contribution in [0.25, 0.3) is 11.2 Å². The first kappa shape index (κ1) is 14.6. The number of rotatable bonds is 2. The molecule has 1 saturated heterocycles. The highest BCUT2D eigenvalue weighted by atomic mass is 16.8. The summed E-state index contributed by atoms with van der Waals surface area (Å²) < 4.78 is 14.3. The van der Waals surface area contributed by atoms with Gasteiger partial charge in [0, 0.05) is 0 Å². The first-order valence-electron chi connectivity index (χ1n) is 8.01. The first-order valence-corrected chi connectivity index (χ1v) is 8.01. The first-order chi connectivity index (χ1) is 10.9. The third kappa shape index (κ3) is 2.16. The Bertz CT molecular complexity index is 758. The summed E-state index contributed by atoms with van der Waals surface area (Å²) in [6.45, 7) is 6.10. The molecule has 3 heterocycles. The highest BCUT2D eigenvalue weighted by Gasteiger charge is 2.54. The summed E-state index contributed by atoms with van der Waals surface area (Å²) in [5, 5.41) is 0. The molecule has 2 fully saturated rings. The number of nitrogen functional groups attached to an aromatic ring is 2. The van der Waals surface area contributed by atoms with Crippen molar-refractivity contribution in [3.63, 3.8) is 0 Å². The third-order valence-electron chi connectivity index (χ3n) is 4.90. The van der Waals surface area contributed by atoms with Crippen LogP contribution in [0.2, 0.25) is 0 Å². The highest BCUT2D eigenvalue weighted by molar-refractivity contribution is 5.82. The number of aromatic nitrogens is 4. The zero-order chi connectivity index (χ0) is 16.4. The van der Waals surface area contributed by atoms with Crippen LogP contribution in [0.3, 0.4) is 0 Å². The number of ether oxygens (including phenoxy) is 2. The molecule has 1 saturated carbocycles. The van der Waals surface area contributed by atoms with Crippen molar-refractivity contribution >= 4 is 22.9 Å². The standard InChI is InChI=1S/C15H22N6O2/c1-4-7-5-8(11-10(7)22-15(2,3)23-11)21-6-18-9-12(16)19-14(17)20-13(9)21/h6-8,10-11H,4-5H2,1-3H3,(H4,16,17,19,20)/t7-,8+,10+,11-/m0/s1. The van der Waals surface area contributed by atoms with Gasteiger partial charge in [-0.1, -0.05) is 13.3 Å². The fourth-order valence-corrected chi connectivity index (χ4v) is 3.93. The minimum absolute atomic E-state index is 0.0234. The van der Waals surface area contributed by atoms with Crippen molar-refractivity contribution in [1.29, 1.82) is 0 Å². The van der Waals surface area contributed by atoms with Crippen molar-refractivity contribution in [3.05, 3.63) is 6.33 Å². The molecule has 8 nitrogen and oxygen atoms in total. The quantitative estimate of drug-likeness (QED) is 0.862. The van der Waals surface area contributed by atoms with E-state index in [9.17, 15) is 0 Å². The van der Waals surface area contributed by atoms with Gasteiger partial charge in [0.25, 0.3) is 0 Å². The molecule has 4 N–H and O–H groups in total. The average Bonchev–Trinajstić information content (AvgIpc) is 3.09. The minimum Gasteiger partial charge on any atom is -0.382 e. The van der Waals surface area contributed by atoms with Gasteiger partial charge in [-0.3, -0.25) is 0 Å². The van der Waals surface area contributed by atoms with Crippen LogP contribution in [0.5, 0.6) is 0 Å². The molecule has 2 aromatic rings. The minimum atomic E-state index is -0.565. The molecular weight excluding hydrogens is 296 g/mol. The lowest BCUT2D eigenvalue weighted by atomic mass is 10.0. The molecule has 1 aliphatic heterocycles. The lowest BCUT2D eigenvalue weighted by Crippen LogP contribution is -2.27. The third-order valence-corrected chi connectivity index (χ3v) is 4.90. The summed E-state index contributed by atoms with van der Waals surface area (Å²) >= 11 is 0. The molecule has 2 aromatic heterocycles. The monoisotopic (exact) mass is 318 g/mol. The predicted molar refractivity (Wildman–Crippen MR) is 85.4 cm³/mol. The van der Waals surface area contributed by atoms with Gasteiger partial charge >= 0.3 is 0 Å². The van der Waals surface area contributed by atoms with Crippen molar-refractivity contribution in [2.24, 2.45) is 5.92 Å². The number of nitrogens with two attached hydrogens (primary N) is 2. The van der Waals surface area contributed by atoms with Crippen LogP contribution in [0.4, 0.5) is 11.8 Å². The molecular formula is C15H22N6O2. The molecule has 0 spiro atoms. The van der Waals surface area contributed by atoms with Crippen molar-refractivity contribution in [3.8, 4) is 0 Å². The van der Waals surface area contributed by atoms with Crippen molar-refractivity contribution in [2.75, 3.05) is 11.5 Å². The molecule has 23 heavy (non-hydrogen) atoms. The van der Waals surface area contributed by atoms with E-state index in [1.165, 1.54) is 0 Å². The Hall–Kier alpha value is -1.93. The highest BCUT2D eigenvalue weighted by Crippen LogP contribution is 2.48. The summed E-state index contributed by atoms with van der Waals surface area (Å²) in [6.07, 6.45) is 3.82. The maximum absolute atomic E-state index is 6.17. The van der Waals surface area contributed by atoms with Gasteiger partial charge < -0.3 is 25.5 Å². The number of nitrogens with zero attached hydrogens (tertiary/aromatic N) is 4. The zero-order valence-electron chi connectivity index (χ0n) is 13.6. The molecule has 2 aliphatic rings. The van der Waals surface area contributed by atoms with E-state index in [0.29, 0.717) is 22.9 Å². The van der Waals surface area contributed by atoms with E-state index in [2.05, 4.69) is 21.9 Å². The van der Waals surface area contributed by atoms with Gasteiger partial charge in [0.15, 0.2) is 17.3 Å². The lowest BCUT2D eigenvalue weighted by molar-refractivity contribution is -0.160. The van der Waals surface area contributed by atoms with E-state index in [1.807, 2.05) is 18.4 Å². The molecule has 1 aliphatic carbocycles. The molecule has 0 aromatic carbocycles. The molecule has 0 radical (unpaired) electrons. The van der Waals surface area contributed by atoms with E-state index in [-0.39, 0.29) is 24.2 Å². The van der Waals surface area contributed by atoms with E-state index in [4.69, 9.17) is 20.9 Å². The Morgan fingerprint density at radius 2 is 2.00 bits per heavy atom. The molecule has 4 rings (SSSR count). The molecule has 4 atom stereocenters. The number of hydrogen-bond acceptors (Lipinski definition) is 7. The number of anilines is 2. The van der Waals surface area contributed by atoms with E-state index < -0.39 is 5.79 Å². The topological polar surface area (TPSA) is 114 Å². The largest absolute Gasteiger partial charge is 0.382 e. The Kier molecular flexibility index (Phi) is 3.05. The average molecular weight is 318 g/mol. The van der Waals surface area contributed by atoms with Crippen LogP contribution in [-0.4, -0.2) is 37.5 Å². The number of hydrogen-bond donors (Lipinski definition) is 2. The predicted octanol–water partition coefficient (Wildman–Crippen LogP) is 1.48. The maximum atomic E-state index is 6.17. The second-order valence-electron chi connectivity index (χ2n) is 6.83. The Labute approximate surface area is 134 Å². The van der Waals surface area contributed by atoms with E-state index in [1.54, 1.807) is 6.33 Å². The summed E-state index contributed by atoms with van der Waals surface area (Å²) in [6, 6.07) is 0.102. The van der Waals surface area contributed by atoms with Gasteiger partial charge in [-0.25, -0.2) is 4.98 Å². The van der Waals surface area contributed by atoms with Crippen molar-refractivity contribution in [2.45, 2.75) is 57.6 Å². The summed E-state index contributed by atoms with van der Waals surface area (Å²) in [4.78, 5) is 12.7. The number of fused-ring (bicyclic) bond motifs is 2. The van der Waals surface area contributed by atoms with E-state index >= 15 is 0 Å². The van der Waals surface area contributed by atoms with Gasteiger partial charge in [-0.2, -0.15) is 9.97 Å². The van der Waals surface area contributed by atoms with Gasteiger partial charge in [0.1, 0.15) is 11.6 Å². The summed E-state index contributed by atoms with van der Waals surface area (Å²) in [5.41, 5.74) is 12.9. The van der Waals surface area contributed by atoms with E-state index in [0.717, 1.165) is 12.8 Å². The molecule has 124 valence electrons. The van der Waals surface area contributed by atoms with Gasteiger partial charge in [0.05, 0.1) is 18.5 Å². The molecule has 0 unspecified atom stereocenters. The SMILES string of the molecule is CC[C@H]1C[C@@H](n2cnc3c(N)nc(N)nc32)[C@@H]2OC(C)(C)O[C@H]12. The number of imidazole rings is 1. The smallest absolute Gasteiger partial charge is 0.224 e. The maximum Gasteiger partial charge on any atom is 0.224 e. The summed E-state index contributed by atoms with van der Waals surface area (Å²) in [7, 11) is 0. The normalized spacial score (nSPS) is 32.5. The fourth-order valence-electron chi connectivity index (χ4n) is 3.93. The van der Waals surface area contributed by atoms with Crippen LogP contribution in [-0.2, 0) is 9.47 Å². The van der Waals surface area contributed by atoms with Crippen LogP contribution in [0.1, 0.15) is 39.7 Å². The van der Waals surface area contributed by atoms with Crippen molar-refractivity contribution < 1.29 is 9.47 Å². The molecule has 0 bridgehead atoms. The Morgan fingerprint density at radius 3 is 2.74 bits per heavy atom. The van der Waals surface area contributed by atoms with Gasteiger partial charge in [-0.05, 0) is 26.2 Å². The van der Waals surface area contributed by atoms with Crippen LogP contribution in [0.15, 0.2) is 6.33 Å². The zero-order valence-corrected chi connectivity index (χ0v) is 13.6. The summed E-state index contributed by atoms with van der Waals surface area (Å²) in [5.74, 6) is 0.338. The second-order valence-corrected chi connectivity index (χ2v) is 6.83. The second kappa shape index (κ2) is 4.78. The van der Waals surface area contributed by atoms with Gasteiger partial charge in [0.2, 0.25) is 5.95 Å².